The van der Waals surface area contributed by atoms with Crippen LogP contribution in [0.5, 0.6) is 5.75 Å². The number of hydrogen-bond acceptors (Lipinski definition) is 3. The molecule has 1 aliphatic heterocycles. The minimum Gasteiger partial charge on any atom is -0.406 e. The number of hydrogen-bond donors (Lipinski definition) is 1. The van der Waals surface area contributed by atoms with Crippen LogP contribution in [0.25, 0.3) is 0 Å². The summed E-state index contributed by atoms with van der Waals surface area (Å²) in [7, 11) is 0. The average Bonchev–Trinajstić information content (AvgIpc) is 2.37. The Kier molecular flexibility index (Phi) is 4.17. The predicted molar refractivity (Wildman–Crippen MR) is 66.5 cm³/mol. The molecule has 0 bridgehead atoms. The molecule has 4 nitrogen and oxygen atoms in total. The minimum atomic E-state index is -4.76. The quantitative estimate of drug-likeness (QED) is 0.905. The highest BCUT2D eigenvalue weighted by atomic mass is 19.4. The van der Waals surface area contributed by atoms with Crippen molar-refractivity contribution < 1.29 is 22.7 Å². The number of halogens is 3. The number of piperazine rings is 1. The highest BCUT2D eigenvalue weighted by Gasteiger charge is 2.31. The van der Waals surface area contributed by atoms with Gasteiger partial charge < -0.3 is 15.0 Å². The minimum absolute atomic E-state index is 0.00319. The molecule has 20 heavy (non-hydrogen) atoms. The predicted octanol–water partition coefficient (Wildman–Crippen LogP) is 2.02. The van der Waals surface area contributed by atoms with Gasteiger partial charge in [-0.1, -0.05) is 6.07 Å². The number of benzene rings is 1. The van der Waals surface area contributed by atoms with Gasteiger partial charge >= 0.3 is 6.36 Å². The summed E-state index contributed by atoms with van der Waals surface area (Å²) in [4.78, 5) is 13.9. The Hall–Kier alpha value is -1.76. The molecular formula is C13H15F3N2O2. The number of nitrogens with one attached hydrogen (secondary N) is 1. The summed E-state index contributed by atoms with van der Waals surface area (Å²) in [6, 6.07) is 5.15. The number of alkyl halides is 3. The third-order valence-electron chi connectivity index (χ3n) is 3.08. The highest BCUT2D eigenvalue weighted by Crippen LogP contribution is 2.24. The fourth-order valence-electron chi connectivity index (χ4n) is 2.13. The lowest BCUT2D eigenvalue weighted by atomic mass is 10.1. The van der Waals surface area contributed by atoms with Crippen molar-refractivity contribution >= 4 is 5.91 Å². The molecule has 1 aromatic carbocycles. The molecular weight excluding hydrogens is 273 g/mol. The second kappa shape index (κ2) is 5.70. The standard InChI is InChI=1S/C13H15F3N2O2/c1-9-8-17-5-6-18(9)12(19)10-3-2-4-11(7-10)20-13(14,15)16/h2-4,7,9,17H,5-6,8H2,1H3/t9-/m0/s1. The largest absolute Gasteiger partial charge is 0.573 e. The fourth-order valence-corrected chi connectivity index (χ4v) is 2.13. The van der Waals surface area contributed by atoms with Crippen LogP contribution in [-0.2, 0) is 0 Å². The van der Waals surface area contributed by atoms with Crippen LogP contribution in [0.15, 0.2) is 24.3 Å². The number of ether oxygens (including phenoxy) is 1. The smallest absolute Gasteiger partial charge is 0.406 e. The zero-order chi connectivity index (χ0) is 14.8. The van der Waals surface area contributed by atoms with Gasteiger partial charge in [-0.3, -0.25) is 4.79 Å². The second-order valence-electron chi connectivity index (χ2n) is 4.63. The van der Waals surface area contributed by atoms with E-state index < -0.39 is 6.36 Å². The maximum absolute atomic E-state index is 12.3. The van der Waals surface area contributed by atoms with Crippen LogP contribution in [0.3, 0.4) is 0 Å². The van der Waals surface area contributed by atoms with Crippen LogP contribution in [0, 0.1) is 0 Å². The third-order valence-corrected chi connectivity index (χ3v) is 3.08. The van der Waals surface area contributed by atoms with Gasteiger partial charge in [0, 0.05) is 31.2 Å². The van der Waals surface area contributed by atoms with Gasteiger partial charge in [-0.05, 0) is 25.1 Å². The van der Waals surface area contributed by atoms with Gasteiger partial charge in [0.25, 0.3) is 5.91 Å². The summed E-state index contributed by atoms with van der Waals surface area (Å²) in [5.74, 6) is -0.669. The Bertz CT molecular complexity index is 491. The molecule has 7 heteroatoms. The van der Waals surface area contributed by atoms with Crippen LogP contribution in [0.1, 0.15) is 17.3 Å². The van der Waals surface area contributed by atoms with Crippen LogP contribution in [0.4, 0.5) is 13.2 Å². The van der Waals surface area contributed by atoms with Gasteiger partial charge in [-0.2, -0.15) is 0 Å². The molecule has 1 heterocycles. The second-order valence-corrected chi connectivity index (χ2v) is 4.63. The Morgan fingerprint density at radius 2 is 2.20 bits per heavy atom. The highest BCUT2D eigenvalue weighted by molar-refractivity contribution is 5.94. The Morgan fingerprint density at radius 3 is 2.85 bits per heavy atom. The fraction of sp³-hybridized carbons (Fsp3) is 0.462. The number of nitrogens with zero attached hydrogens (tertiary/aromatic N) is 1. The summed E-state index contributed by atoms with van der Waals surface area (Å²) in [5, 5.41) is 3.15. The summed E-state index contributed by atoms with van der Waals surface area (Å²) >= 11 is 0. The Labute approximate surface area is 114 Å². The first-order chi connectivity index (χ1) is 9.37. The van der Waals surface area contributed by atoms with Gasteiger partial charge in [-0.15, -0.1) is 13.2 Å². The molecule has 1 saturated heterocycles. The van der Waals surface area contributed by atoms with E-state index in [2.05, 4.69) is 10.1 Å². The number of carbonyl (C=O) groups is 1. The maximum atomic E-state index is 12.3. The summed E-state index contributed by atoms with van der Waals surface area (Å²) in [5.41, 5.74) is 0.195. The molecule has 0 radical (unpaired) electrons. The van der Waals surface area contributed by atoms with Gasteiger partial charge in [0.2, 0.25) is 0 Å². The van der Waals surface area contributed by atoms with Crippen LogP contribution >= 0.6 is 0 Å². The molecule has 0 spiro atoms. The van der Waals surface area contributed by atoms with E-state index in [-0.39, 0.29) is 23.3 Å². The van der Waals surface area contributed by atoms with E-state index >= 15 is 0 Å². The Balaban J connectivity index is 2.15. The van der Waals surface area contributed by atoms with Crippen molar-refractivity contribution in [3.05, 3.63) is 29.8 Å². The van der Waals surface area contributed by atoms with Crippen molar-refractivity contribution in [1.29, 1.82) is 0 Å². The lowest BCUT2D eigenvalue weighted by Crippen LogP contribution is -2.52. The zero-order valence-corrected chi connectivity index (χ0v) is 10.9. The molecule has 110 valence electrons. The molecule has 0 aliphatic carbocycles. The number of amides is 1. The molecule has 0 unspecified atom stereocenters. The van der Waals surface area contributed by atoms with Gasteiger partial charge in [-0.25, -0.2) is 0 Å². The zero-order valence-electron chi connectivity index (χ0n) is 10.9. The maximum Gasteiger partial charge on any atom is 0.573 e. The topological polar surface area (TPSA) is 41.6 Å². The third kappa shape index (κ3) is 3.63. The lowest BCUT2D eigenvalue weighted by molar-refractivity contribution is -0.274. The van der Waals surface area contributed by atoms with E-state index in [4.69, 9.17) is 0 Å². The van der Waals surface area contributed by atoms with Gasteiger partial charge in [0.05, 0.1) is 0 Å². The van der Waals surface area contributed by atoms with E-state index in [0.29, 0.717) is 19.6 Å². The molecule has 0 saturated carbocycles. The van der Waals surface area contributed by atoms with E-state index in [1.807, 2.05) is 6.92 Å². The van der Waals surface area contributed by atoms with Crippen molar-refractivity contribution in [2.75, 3.05) is 19.6 Å². The van der Waals surface area contributed by atoms with Crippen LogP contribution in [-0.4, -0.2) is 42.8 Å². The number of rotatable bonds is 2. The van der Waals surface area contributed by atoms with Crippen molar-refractivity contribution in [2.24, 2.45) is 0 Å². The van der Waals surface area contributed by atoms with Crippen molar-refractivity contribution in [1.82, 2.24) is 10.2 Å². The normalized spacial score (nSPS) is 19.8. The van der Waals surface area contributed by atoms with Crippen LogP contribution < -0.4 is 10.1 Å². The van der Waals surface area contributed by atoms with Crippen LogP contribution in [0.2, 0.25) is 0 Å². The first kappa shape index (κ1) is 14.6. The molecule has 1 aromatic rings. The average molecular weight is 288 g/mol. The van der Waals surface area contributed by atoms with E-state index in [9.17, 15) is 18.0 Å². The summed E-state index contributed by atoms with van der Waals surface area (Å²) in [6.45, 7) is 3.77. The van der Waals surface area contributed by atoms with Gasteiger partial charge in [0.15, 0.2) is 0 Å². The van der Waals surface area contributed by atoms with Gasteiger partial charge in [0.1, 0.15) is 5.75 Å². The molecule has 1 amide bonds. The summed E-state index contributed by atoms with van der Waals surface area (Å²) in [6.07, 6.45) is -4.76. The van der Waals surface area contributed by atoms with Crippen molar-refractivity contribution in [2.45, 2.75) is 19.3 Å². The Morgan fingerprint density at radius 1 is 1.45 bits per heavy atom. The molecule has 1 aliphatic rings. The van der Waals surface area contributed by atoms with Crippen molar-refractivity contribution in [3.63, 3.8) is 0 Å². The number of carbonyl (C=O) groups excluding carboxylic acids is 1. The lowest BCUT2D eigenvalue weighted by Gasteiger charge is -2.34. The molecule has 1 atom stereocenters. The SMILES string of the molecule is C[C@H]1CNCCN1C(=O)c1cccc(OC(F)(F)F)c1. The molecule has 1 N–H and O–H groups in total. The molecule has 1 fully saturated rings. The monoisotopic (exact) mass is 288 g/mol. The van der Waals surface area contributed by atoms with E-state index in [1.54, 1.807) is 4.90 Å². The first-order valence-electron chi connectivity index (χ1n) is 6.24. The summed E-state index contributed by atoms with van der Waals surface area (Å²) < 4.78 is 40.3. The van der Waals surface area contributed by atoms with Crippen molar-refractivity contribution in [3.8, 4) is 5.75 Å². The first-order valence-corrected chi connectivity index (χ1v) is 6.24. The molecule has 0 aromatic heterocycles. The van der Waals surface area contributed by atoms with E-state index in [1.165, 1.54) is 18.2 Å². The molecule has 2 rings (SSSR count). The van der Waals surface area contributed by atoms with E-state index in [0.717, 1.165) is 6.07 Å².